The molecule has 0 bridgehead atoms. The van der Waals surface area contributed by atoms with Crippen LogP contribution in [0.2, 0.25) is 0 Å². The fourth-order valence-corrected chi connectivity index (χ4v) is 3.07. The Morgan fingerprint density at radius 1 is 1.00 bits per heavy atom. The lowest BCUT2D eigenvalue weighted by Gasteiger charge is -2.18. The Labute approximate surface area is 131 Å². The van der Waals surface area contributed by atoms with E-state index in [0.29, 0.717) is 12.3 Å². The first-order chi connectivity index (χ1) is 10.1. The van der Waals surface area contributed by atoms with Crippen LogP contribution in [-0.4, -0.2) is 23.6 Å². The van der Waals surface area contributed by atoms with Crippen molar-refractivity contribution in [3.05, 3.63) is 65.2 Å². The maximum absolute atomic E-state index is 12.2. The van der Waals surface area contributed by atoms with Crippen LogP contribution < -0.4 is 0 Å². The lowest BCUT2D eigenvalue weighted by Crippen LogP contribution is -2.28. The lowest BCUT2D eigenvalue weighted by molar-refractivity contribution is -0.127. The Kier molecular flexibility index (Phi) is 5.45. The van der Waals surface area contributed by atoms with Gasteiger partial charge in [0.1, 0.15) is 0 Å². The zero-order valence-corrected chi connectivity index (χ0v) is 13.6. The van der Waals surface area contributed by atoms with Crippen molar-refractivity contribution in [1.82, 2.24) is 4.90 Å². The molecule has 0 saturated heterocycles. The van der Waals surface area contributed by atoms with Crippen molar-refractivity contribution in [3.63, 3.8) is 0 Å². The van der Waals surface area contributed by atoms with Crippen LogP contribution in [0.3, 0.4) is 0 Å². The Morgan fingerprint density at radius 2 is 1.62 bits per heavy atom. The number of carbonyl (C=O) groups excluding carboxylic acids is 1. The Hall–Kier alpha value is -1.74. The van der Waals surface area contributed by atoms with Crippen LogP contribution >= 0.6 is 11.8 Å². The molecule has 0 fully saturated rings. The van der Waals surface area contributed by atoms with E-state index in [1.165, 1.54) is 21.6 Å². The van der Waals surface area contributed by atoms with Crippen molar-refractivity contribution in [3.8, 4) is 0 Å². The van der Waals surface area contributed by atoms with Crippen LogP contribution in [0.1, 0.15) is 16.7 Å². The normalized spacial score (nSPS) is 10.4. The fourth-order valence-electron chi connectivity index (χ4n) is 2.10. The molecule has 1 amide bonds. The van der Waals surface area contributed by atoms with Gasteiger partial charge in [-0.1, -0.05) is 42.5 Å². The average molecular weight is 299 g/mol. The standard InChI is InChI=1S/C18H21NOS/c1-14-8-4-6-10-16(14)12-19(3)18(20)13-21-17-11-7-5-9-15(17)2/h4-11H,12-13H2,1-3H3. The van der Waals surface area contributed by atoms with Gasteiger partial charge in [-0.3, -0.25) is 4.79 Å². The van der Waals surface area contributed by atoms with Crippen LogP contribution in [0.5, 0.6) is 0 Å². The summed E-state index contributed by atoms with van der Waals surface area (Å²) in [7, 11) is 1.87. The number of benzene rings is 2. The minimum atomic E-state index is 0.159. The first-order valence-corrected chi connectivity index (χ1v) is 8.03. The van der Waals surface area contributed by atoms with Crippen LogP contribution in [0.4, 0.5) is 0 Å². The van der Waals surface area contributed by atoms with Crippen LogP contribution in [0, 0.1) is 13.8 Å². The maximum Gasteiger partial charge on any atom is 0.232 e. The zero-order chi connectivity index (χ0) is 15.2. The molecule has 2 aromatic rings. The van der Waals surface area contributed by atoms with Gasteiger partial charge in [0.15, 0.2) is 0 Å². The van der Waals surface area contributed by atoms with Gasteiger partial charge in [0.25, 0.3) is 0 Å². The van der Waals surface area contributed by atoms with Gasteiger partial charge in [-0.15, -0.1) is 11.8 Å². The van der Waals surface area contributed by atoms with E-state index in [2.05, 4.69) is 38.1 Å². The molecule has 0 atom stereocenters. The second-order valence-corrected chi connectivity index (χ2v) is 6.25. The molecular weight excluding hydrogens is 278 g/mol. The van der Waals surface area contributed by atoms with Crippen molar-refractivity contribution in [2.24, 2.45) is 0 Å². The van der Waals surface area contributed by atoms with Gasteiger partial charge in [0.05, 0.1) is 5.75 Å². The third-order valence-corrected chi connectivity index (χ3v) is 4.70. The second-order valence-electron chi connectivity index (χ2n) is 5.23. The van der Waals surface area contributed by atoms with E-state index in [1.54, 1.807) is 16.7 Å². The van der Waals surface area contributed by atoms with E-state index in [1.807, 2.05) is 31.3 Å². The Bertz CT molecular complexity index is 624. The Balaban J connectivity index is 1.91. The number of thioether (sulfide) groups is 1. The summed E-state index contributed by atoms with van der Waals surface area (Å²) in [6, 6.07) is 16.4. The smallest absolute Gasteiger partial charge is 0.232 e. The molecule has 2 rings (SSSR count). The molecule has 0 spiro atoms. The van der Waals surface area contributed by atoms with Gasteiger partial charge in [-0.2, -0.15) is 0 Å². The molecule has 0 saturated carbocycles. The number of nitrogens with zero attached hydrogens (tertiary/aromatic N) is 1. The summed E-state index contributed by atoms with van der Waals surface area (Å²) in [6.45, 7) is 4.82. The van der Waals surface area contributed by atoms with E-state index >= 15 is 0 Å². The van der Waals surface area contributed by atoms with Gasteiger partial charge >= 0.3 is 0 Å². The molecule has 0 aliphatic heterocycles. The molecular formula is C18H21NOS. The molecule has 21 heavy (non-hydrogen) atoms. The van der Waals surface area contributed by atoms with Crippen LogP contribution in [-0.2, 0) is 11.3 Å². The van der Waals surface area contributed by atoms with Crippen molar-refractivity contribution < 1.29 is 4.79 Å². The third-order valence-electron chi connectivity index (χ3n) is 3.54. The molecule has 0 radical (unpaired) electrons. The monoisotopic (exact) mass is 299 g/mol. The maximum atomic E-state index is 12.2. The topological polar surface area (TPSA) is 20.3 Å². The summed E-state index contributed by atoms with van der Waals surface area (Å²) < 4.78 is 0. The molecule has 0 aliphatic rings. The first-order valence-electron chi connectivity index (χ1n) is 7.05. The first kappa shape index (κ1) is 15.6. The molecule has 0 N–H and O–H groups in total. The van der Waals surface area contributed by atoms with Gasteiger partial charge in [0.2, 0.25) is 5.91 Å². The summed E-state index contributed by atoms with van der Waals surface area (Å²) >= 11 is 1.61. The SMILES string of the molecule is Cc1ccccc1CN(C)C(=O)CSc1ccccc1C. The van der Waals surface area contributed by atoms with Gasteiger partial charge in [0, 0.05) is 18.5 Å². The van der Waals surface area contributed by atoms with Crippen molar-refractivity contribution in [2.45, 2.75) is 25.3 Å². The zero-order valence-electron chi connectivity index (χ0n) is 12.8. The van der Waals surface area contributed by atoms with Gasteiger partial charge < -0.3 is 4.90 Å². The predicted octanol–water partition coefficient (Wildman–Crippen LogP) is 4.05. The number of rotatable bonds is 5. The number of aryl methyl sites for hydroxylation is 2. The summed E-state index contributed by atoms with van der Waals surface area (Å²) in [6.07, 6.45) is 0. The fraction of sp³-hybridized carbons (Fsp3) is 0.278. The van der Waals surface area contributed by atoms with Crippen LogP contribution in [0.25, 0.3) is 0 Å². The summed E-state index contributed by atoms with van der Waals surface area (Å²) in [5.74, 6) is 0.638. The van der Waals surface area contributed by atoms with Gasteiger partial charge in [-0.25, -0.2) is 0 Å². The van der Waals surface area contributed by atoms with E-state index in [4.69, 9.17) is 0 Å². The number of hydrogen-bond donors (Lipinski definition) is 0. The third kappa shape index (κ3) is 4.36. The molecule has 0 heterocycles. The molecule has 0 aliphatic carbocycles. The molecule has 110 valence electrons. The minimum Gasteiger partial charge on any atom is -0.341 e. The van der Waals surface area contributed by atoms with Gasteiger partial charge in [-0.05, 0) is 36.6 Å². The molecule has 2 nitrogen and oxygen atoms in total. The highest BCUT2D eigenvalue weighted by Gasteiger charge is 2.11. The van der Waals surface area contributed by atoms with Crippen molar-refractivity contribution in [1.29, 1.82) is 0 Å². The molecule has 2 aromatic carbocycles. The molecule has 0 aromatic heterocycles. The Morgan fingerprint density at radius 3 is 2.29 bits per heavy atom. The molecule has 3 heteroatoms. The highest BCUT2D eigenvalue weighted by Crippen LogP contribution is 2.22. The number of hydrogen-bond acceptors (Lipinski definition) is 2. The quantitative estimate of drug-likeness (QED) is 0.776. The molecule has 0 unspecified atom stereocenters. The summed E-state index contributed by atoms with van der Waals surface area (Å²) in [5.41, 5.74) is 3.65. The summed E-state index contributed by atoms with van der Waals surface area (Å²) in [5, 5.41) is 0. The number of carbonyl (C=O) groups is 1. The van der Waals surface area contributed by atoms with Crippen molar-refractivity contribution >= 4 is 17.7 Å². The second kappa shape index (κ2) is 7.32. The largest absolute Gasteiger partial charge is 0.341 e. The minimum absolute atomic E-state index is 0.159. The number of amides is 1. The van der Waals surface area contributed by atoms with E-state index in [9.17, 15) is 4.79 Å². The predicted molar refractivity (Wildman–Crippen MR) is 89.6 cm³/mol. The lowest BCUT2D eigenvalue weighted by atomic mass is 10.1. The van der Waals surface area contributed by atoms with Crippen molar-refractivity contribution in [2.75, 3.05) is 12.8 Å². The average Bonchev–Trinajstić information content (AvgIpc) is 2.48. The van der Waals surface area contributed by atoms with E-state index in [0.717, 1.165) is 0 Å². The highest BCUT2D eigenvalue weighted by atomic mass is 32.2. The van der Waals surface area contributed by atoms with E-state index < -0.39 is 0 Å². The summed E-state index contributed by atoms with van der Waals surface area (Å²) in [4.78, 5) is 15.2. The van der Waals surface area contributed by atoms with E-state index in [-0.39, 0.29) is 5.91 Å². The highest BCUT2D eigenvalue weighted by molar-refractivity contribution is 8.00. The van der Waals surface area contributed by atoms with Crippen LogP contribution in [0.15, 0.2) is 53.4 Å².